The Morgan fingerprint density at radius 2 is 2.45 bits per heavy atom. The molecule has 1 aromatic heterocycles. The quantitative estimate of drug-likeness (QED) is 0.616. The van der Waals surface area contributed by atoms with Crippen LogP contribution in [0.5, 0.6) is 0 Å². The number of ketones is 1. The third-order valence-corrected chi connectivity index (χ3v) is 3.93. The van der Waals surface area contributed by atoms with Crippen LogP contribution in [0.25, 0.3) is 0 Å². The summed E-state index contributed by atoms with van der Waals surface area (Å²) >= 11 is 3.38. The molecule has 1 aromatic rings. The van der Waals surface area contributed by atoms with E-state index in [0.29, 0.717) is 17.5 Å². The number of thiophene rings is 1. The van der Waals surface area contributed by atoms with Crippen LogP contribution >= 0.6 is 23.1 Å². The molecule has 3 heteroatoms. The first-order valence-electron chi connectivity index (χ1n) is 3.54. The zero-order valence-electron chi connectivity index (χ0n) is 6.16. The van der Waals surface area contributed by atoms with Crippen molar-refractivity contribution in [2.45, 2.75) is 23.5 Å². The molecule has 0 radical (unpaired) electrons. The van der Waals surface area contributed by atoms with Gasteiger partial charge in [0.1, 0.15) is 0 Å². The Labute approximate surface area is 73.8 Å². The van der Waals surface area contributed by atoms with Gasteiger partial charge in [-0.3, -0.25) is 4.79 Å². The van der Waals surface area contributed by atoms with Gasteiger partial charge in [-0.05, 0) is 11.4 Å². The molecule has 58 valence electrons. The summed E-state index contributed by atoms with van der Waals surface area (Å²) in [6.45, 7) is 2.10. The van der Waals surface area contributed by atoms with Crippen LogP contribution in [-0.4, -0.2) is 11.0 Å². The zero-order chi connectivity index (χ0) is 7.84. The normalized spacial score (nSPS) is 23.4. The van der Waals surface area contributed by atoms with E-state index in [2.05, 4.69) is 6.92 Å². The van der Waals surface area contributed by atoms with Crippen molar-refractivity contribution < 1.29 is 4.79 Å². The fourth-order valence-electron chi connectivity index (χ4n) is 1.21. The zero-order valence-corrected chi connectivity index (χ0v) is 7.80. The van der Waals surface area contributed by atoms with Gasteiger partial charge in [0.05, 0.1) is 4.88 Å². The van der Waals surface area contributed by atoms with Crippen LogP contribution in [0.2, 0.25) is 0 Å². The van der Waals surface area contributed by atoms with E-state index in [1.54, 1.807) is 11.3 Å². The SMILES string of the molecule is CC1CC(=O)c2sccc2S1. The van der Waals surface area contributed by atoms with Gasteiger partial charge >= 0.3 is 0 Å². The van der Waals surface area contributed by atoms with Gasteiger partial charge in [-0.25, -0.2) is 0 Å². The second-order valence-corrected chi connectivity index (χ2v) is 5.07. The Morgan fingerprint density at radius 1 is 1.64 bits per heavy atom. The molecule has 1 aliphatic rings. The summed E-state index contributed by atoms with van der Waals surface area (Å²) in [7, 11) is 0. The van der Waals surface area contributed by atoms with Crippen LogP contribution in [0, 0.1) is 0 Å². The van der Waals surface area contributed by atoms with E-state index in [9.17, 15) is 4.79 Å². The second kappa shape index (κ2) is 2.64. The standard InChI is InChI=1S/C8H8OS2/c1-5-4-6(9)8-7(11-5)2-3-10-8/h2-3,5H,4H2,1H3. The van der Waals surface area contributed by atoms with Crippen molar-refractivity contribution in [1.29, 1.82) is 0 Å². The molecule has 0 amide bonds. The maximum absolute atomic E-state index is 11.4. The Bertz CT molecular complexity index is 290. The molecule has 0 aliphatic carbocycles. The lowest BCUT2D eigenvalue weighted by molar-refractivity contribution is 0.0982. The number of rotatable bonds is 0. The Morgan fingerprint density at radius 3 is 3.27 bits per heavy atom. The van der Waals surface area contributed by atoms with Gasteiger partial charge in [-0.15, -0.1) is 23.1 Å². The van der Waals surface area contributed by atoms with E-state index >= 15 is 0 Å². The average Bonchev–Trinajstić information content (AvgIpc) is 2.34. The summed E-state index contributed by atoms with van der Waals surface area (Å²) in [6.07, 6.45) is 0.707. The molecule has 2 heterocycles. The molecule has 0 N–H and O–H groups in total. The highest BCUT2D eigenvalue weighted by Gasteiger charge is 2.23. The van der Waals surface area contributed by atoms with E-state index in [4.69, 9.17) is 0 Å². The van der Waals surface area contributed by atoms with E-state index < -0.39 is 0 Å². The maximum Gasteiger partial charge on any atom is 0.175 e. The van der Waals surface area contributed by atoms with Gasteiger partial charge in [-0.2, -0.15) is 0 Å². The molecular weight excluding hydrogens is 176 g/mol. The largest absolute Gasteiger partial charge is 0.293 e. The summed E-state index contributed by atoms with van der Waals surface area (Å²) in [5, 5.41) is 2.46. The van der Waals surface area contributed by atoms with Crippen LogP contribution in [0.15, 0.2) is 16.3 Å². The Kier molecular flexibility index (Phi) is 1.77. The lowest BCUT2D eigenvalue weighted by Crippen LogP contribution is -2.11. The van der Waals surface area contributed by atoms with Crippen LogP contribution in [0.3, 0.4) is 0 Å². The minimum Gasteiger partial charge on any atom is -0.293 e. The third-order valence-electron chi connectivity index (χ3n) is 1.68. The number of fused-ring (bicyclic) bond motifs is 1. The van der Waals surface area contributed by atoms with Gasteiger partial charge < -0.3 is 0 Å². The minimum atomic E-state index is 0.321. The van der Waals surface area contributed by atoms with E-state index in [1.807, 2.05) is 23.2 Å². The number of Topliss-reactive ketones (excluding diaryl/α,β-unsaturated/α-hetero) is 1. The van der Waals surface area contributed by atoms with Crippen molar-refractivity contribution >= 4 is 28.9 Å². The van der Waals surface area contributed by atoms with Gasteiger partial charge in [0, 0.05) is 16.6 Å². The fraction of sp³-hybridized carbons (Fsp3) is 0.375. The molecule has 0 spiro atoms. The van der Waals surface area contributed by atoms with Gasteiger partial charge in [0.15, 0.2) is 5.78 Å². The van der Waals surface area contributed by atoms with E-state index in [1.165, 1.54) is 4.90 Å². The first-order valence-corrected chi connectivity index (χ1v) is 5.30. The summed E-state index contributed by atoms with van der Waals surface area (Å²) in [5.74, 6) is 0.321. The van der Waals surface area contributed by atoms with Gasteiger partial charge in [0.25, 0.3) is 0 Å². The molecule has 11 heavy (non-hydrogen) atoms. The van der Waals surface area contributed by atoms with Crippen molar-refractivity contribution in [2.75, 3.05) is 0 Å². The summed E-state index contributed by atoms with van der Waals surface area (Å²) in [4.78, 5) is 13.5. The topological polar surface area (TPSA) is 17.1 Å². The number of carbonyl (C=O) groups excluding carboxylic acids is 1. The van der Waals surface area contributed by atoms with Crippen molar-refractivity contribution in [2.24, 2.45) is 0 Å². The van der Waals surface area contributed by atoms with Crippen LogP contribution in [0.1, 0.15) is 23.0 Å². The van der Waals surface area contributed by atoms with Gasteiger partial charge in [0.2, 0.25) is 0 Å². The summed E-state index contributed by atoms with van der Waals surface area (Å²) in [6, 6.07) is 2.04. The summed E-state index contributed by atoms with van der Waals surface area (Å²) in [5.41, 5.74) is 0. The first kappa shape index (κ1) is 7.37. The number of carbonyl (C=O) groups is 1. The molecule has 0 saturated heterocycles. The Hall–Kier alpha value is -0.280. The fourth-order valence-corrected chi connectivity index (χ4v) is 3.36. The summed E-state index contributed by atoms with van der Waals surface area (Å²) < 4.78 is 0. The Balaban J connectivity index is 2.44. The van der Waals surface area contributed by atoms with Crippen molar-refractivity contribution in [1.82, 2.24) is 0 Å². The molecule has 2 rings (SSSR count). The highest BCUT2D eigenvalue weighted by molar-refractivity contribution is 8.00. The molecule has 0 saturated carbocycles. The van der Waals surface area contributed by atoms with Crippen molar-refractivity contribution in [3.05, 3.63) is 16.3 Å². The van der Waals surface area contributed by atoms with Crippen LogP contribution < -0.4 is 0 Å². The molecule has 1 atom stereocenters. The molecule has 0 bridgehead atoms. The van der Waals surface area contributed by atoms with Crippen molar-refractivity contribution in [3.8, 4) is 0 Å². The van der Waals surface area contributed by atoms with E-state index in [0.717, 1.165) is 4.88 Å². The first-order chi connectivity index (χ1) is 5.27. The average molecular weight is 184 g/mol. The van der Waals surface area contributed by atoms with E-state index in [-0.39, 0.29) is 0 Å². The lowest BCUT2D eigenvalue weighted by Gasteiger charge is -2.15. The number of hydrogen-bond donors (Lipinski definition) is 0. The highest BCUT2D eigenvalue weighted by Crippen LogP contribution is 2.37. The molecule has 1 aliphatic heterocycles. The predicted molar refractivity (Wildman–Crippen MR) is 48.6 cm³/mol. The molecule has 1 unspecified atom stereocenters. The second-order valence-electron chi connectivity index (χ2n) is 2.67. The monoisotopic (exact) mass is 184 g/mol. The van der Waals surface area contributed by atoms with Gasteiger partial charge in [-0.1, -0.05) is 6.92 Å². The smallest absolute Gasteiger partial charge is 0.175 e. The molecule has 1 nitrogen and oxygen atoms in total. The lowest BCUT2D eigenvalue weighted by atomic mass is 10.2. The van der Waals surface area contributed by atoms with Crippen LogP contribution in [-0.2, 0) is 0 Å². The molecule has 0 aromatic carbocycles. The molecule has 0 fully saturated rings. The third kappa shape index (κ3) is 1.23. The minimum absolute atomic E-state index is 0.321. The predicted octanol–water partition coefficient (Wildman–Crippen LogP) is 2.82. The van der Waals surface area contributed by atoms with Crippen molar-refractivity contribution in [3.63, 3.8) is 0 Å². The number of hydrogen-bond acceptors (Lipinski definition) is 3. The maximum atomic E-state index is 11.4. The van der Waals surface area contributed by atoms with Crippen LogP contribution in [0.4, 0.5) is 0 Å². The highest BCUT2D eigenvalue weighted by atomic mass is 32.2. The number of thioether (sulfide) groups is 1. The molecular formula is C8H8OS2.